The fraction of sp³-hybridized carbons (Fsp3) is 0.429. The summed E-state index contributed by atoms with van der Waals surface area (Å²) in [6.45, 7) is 15.1. The van der Waals surface area contributed by atoms with Crippen LogP contribution in [0.5, 0.6) is 11.5 Å². The van der Waals surface area contributed by atoms with Crippen LogP contribution in [0.4, 0.5) is 0 Å². The van der Waals surface area contributed by atoms with E-state index in [9.17, 15) is 0 Å². The van der Waals surface area contributed by atoms with Gasteiger partial charge in [0.15, 0.2) is 0 Å². The Morgan fingerprint density at radius 1 is 0.600 bits per heavy atom. The molecule has 2 aromatic rings. The first-order valence-corrected chi connectivity index (χ1v) is 11.9. The van der Waals surface area contributed by atoms with Gasteiger partial charge in [0.25, 0.3) is 0 Å². The van der Waals surface area contributed by atoms with Crippen molar-refractivity contribution in [2.75, 3.05) is 72.7 Å². The number of ether oxygens (including phenoxy) is 6. The van der Waals surface area contributed by atoms with E-state index in [1.165, 1.54) is 0 Å². The molecule has 0 atom stereocenters. The zero-order valence-corrected chi connectivity index (χ0v) is 20.9. The molecule has 0 heterocycles. The predicted octanol–water partition coefficient (Wildman–Crippen LogP) is 4.85. The van der Waals surface area contributed by atoms with Crippen LogP contribution in [0.15, 0.2) is 61.7 Å². The smallest absolute Gasteiger partial charge is 0.134 e. The molecule has 0 spiro atoms. The van der Waals surface area contributed by atoms with Gasteiger partial charge in [0, 0.05) is 17.7 Å². The van der Waals surface area contributed by atoms with Gasteiger partial charge in [0.1, 0.15) is 11.5 Å². The van der Waals surface area contributed by atoms with Gasteiger partial charge in [-0.05, 0) is 19.1 Å². The van der Waals surface area contributed by atoms with Crippen molar-refractivity contribution < 1.29 is 33.5 Å². The van der Waals surface area contributed by atoms with Gasteiger partial charge in [-0.1, -0.05) is 61.7 Å². The van der Waals surface area contributed by atoms with Crippen molar-refractivity contribution in [1.29, 1.82) is 0 Å². The summed E-state index contributed by atoms with van der Waals surface area (Å²) in [4.78, 5) is 0. The summed E-state index contributed by atoms with van der Waals surface area (Å²) in [5, 5.41) is 8.45. The number of hydrogen-bond acceptors (Lipinski definition) is 7. The molecule has 0 radical (unpaired) electrons. The van der Waals surface area contributed by atoms with Crippen molar-refractivity contribution in [2.24, 2.45) is 0 Å². The fourth-order valence-electron chi connectivity index (χ4n) is 2.69. The molecule has 0 amide bonds. The Bertz CT molecular complexity index is 729. The first-order chi connectivity index (χ1) is 17.3. The van der Waals surface area contributed by atoms with Crippen LogP contribution >= 0.6 is 0 Å². The molecule has 0 aliphatic rings. The molecule has 7 heteroatoms. The third-order valence-corrected chi connectivity index (χ3v) is 4.43. The van der Waals surface area contributed by atoms with Gasteiger partial charge < -0.3 is 33.5 Å². The maximum Gasteiger partial charge on any atom is 0.134 e. The molecular weight excluding hydrogens is 448 g/mol. The highest BCUT2D eigenvalue weighted by molar-refractivity contribution is 5.60. The van der Waals surface area contributed by atoms with E-state index in [0.29, 0.717) is 59.5 Å². The van der Waals surface area contributed by atoms with E-state index < -0.39 is 0 Å². The van der Waals surface area contributed by atoms with Crippen molar-refractivity contribution in [3.63, 3.8) is 0 Å². The van der Waals surface area contributed by atoms with Gasteiger partial charge in [0.2, 0.25) is 0 Å². The Hall–Kier alpha value is -2.52. The summed E-state index contributed by atoms with van der Waals surface area (Å²) in [5.41, 5.74) is 1.96. The van der Waals surface area contributed by atoms with Gasteiger partial charge in [-0.3, -0.25) is 0 Å². The lowest BCUT2D eigenvalue weighted by molar-refractivity contribution is -0.0125. The molecule has 0 saturated carbocycles. The van der Waals surface area contributed by atoms with E-state index in [0.717, 1.165) is 29.2 Å². The summed E-state index contributed by atoms with van der Waals surface area (Å²) >= 11 is 0. The topological polar surface area (TPSA) is 75.6 Å². The quantitative estimate of drug-likeness (QED) is 0.283. The molecule has 35 heavy (non-hydrogen) atoms. The second-order valence-corrected chi connectivity index (χ2v) is 6.96. The van der Waals surface area contributed by atoms with Crippen molar-refractivity contribution in [1.82, 2.24) is 0 Å². The van der Waals surface area contributed by atoms with Gasteiger partial charge in [-0.15, -0.1) is 0 Å². The zero-order valence-electron chi connectivity index (χ0n) is 20.9. The van der Waals surface area contributed by atoms with Crippen LogP contribution in [0.25, 0.3) is 12.2 Å². The van der Waals surface area contributed by atoms with E-state index in [1.807, 2.05) is 55.5 Å². The highest BCUT2D eigenvalue weighted by Crippen LogP contribution is 2.28. The van der Waals surface area contributed by atoms with Gasteiger partial charge in [-0.25, -0.2) is 0 Å². The summed E-state index contributed by atoms with van der Waals surface area (Å²) < 4.78 is 31.8. The Kier molecular flexibility index (Phi) is 19.2. The molecule has 0 unspecified atom stereocenters. The van der Waals surface area contributed by atoms with Crippen molar-refractivity contribution in [3.05, 3.63) is 72.8 Å². The fourth-order valence-corrected chi connectivity index (χ4v) is 2.69. The molecule has 1 N–H and O–H groups in total. The normalized spacial score (nSPS) is 10.3. The van der Waals surface area contributed by atoms with Crippen LogP contribution in [0.3, 0.4) is 0 Å². The minimum Gasteiger partial charge on any atom is -0.456 e. The number of rotatable bonds is 19. The molecule has 0 aliphatic carbocycles. The first kappa shape index (κ1) is 30.5. The summed E-state index contributed by atoms with van der Waals surface area (Å²) in [6.07, 6.45) is 3.57. The molecule has 194 valence electrons. The van der Waals surface area contributed by atoms with Crippen LogP contribution < -0.4 is 4.74 Å². The van der Waals surface area contributed by atoms with Gasteiger partial charge in [-0.2, -0.15) is 0 Å². The molecule has 2 aromatic carbocycles. The predicted molar refractivity (Wildman–Crippen MR) is 140 cm³/mol. The highest BCUT2D eigenvalue weighted by atomic mass is 16.6. The summed E-state index contributed by atoms with van der Waals surface area (Å²) in [6, 6.07) is 15.6. The van der Waals surface area contributed by atoms with E-state index in [1.54, 1.807) is 12.2 Å². The number of benzene rings is 2. The second kappa shape index (κ2) is 22.0. The Morgan fingerprint density at radius 3 is 1.34 bits per heavy atom. The van der Waals surface area contributed by atoms with Gasteiger partial charge >= 0.3 is 0 Å². The van der Waals surface area contributed by atoms with Crippen molar-refractivity contribution >= 4 is 12.2 Å². The maximum atomic E-state index is 8.45. The minimum absolute atomic E-state index is 0.0480. The van der Waals surface area contributed by atoms with Crippen LogP contribution in [-0.4, -0.2) is 77.8 Å². The van der Waals surface area contributed by atoms with Crippen LogP contribution in [0.1, 0.15) is 18.1 Å². The van der Waals surface area contributed by atoms with E-state index in [4.69, 9.17) is 33.5 Å². The molecule has 0 saturated heterocycles. The molecule has 0 bridgehead atoms. The number of aliphatic hydroxyl groups is 1. The van der Waals surface area contributed by atoms with E-state index in [2.05, 4.69) is 13.2 Å². The van der Waals surface area contributed by atoms with E-state index in [-0.39, 0.29) is 6.61 Å². The molecular formula is C28H40O7. The Balaban J connectivity index is 0.000000350. The van der Waals surface area contributed by atoms with E-state index >= 15 is 0 Å². The van der Waals surface area contributed by atoms with Crippen molar-refractivity contribution in [3.8, 4) is 11.5 Å². The lowest BCUT2D eigenvalue weighted by Gasteiger charge is -2.10. The number of para-hydroxylation sites is 2. The average Bonchev–Trinajstić information content (AvgIpc) is 2.90. The van der Waals surface area contributed by atoms with Gasteiger partial charge in [0.05, 0.1) is 66.1 Å². The first-order valence-electron chi connectivity index (χ1n) is 11.9. The van der Waals surface area contributed by atoms with Crippen molar-refractivity contribution in [2.45, 2.75) is 6.92 Å². The monoisotopic (exact) mass is 488 g/mol. The minimum atomic E-state index is 0.0480. The van der Waals surface area contributed by atoms with Crippen LogP contribution in [0.2, 0.25) is 0 Å². The number of aliphatic hydroxyl groups excluding tert-OH is 1. The van der Waals surface area contributed by atoms with Crippen LogP contribution in [-0.2, 0) is 23.7 Å². The largest absolute Gasteiger partial charge is 0.456 e. The molecule has 2 rings (SSSR count). The third kappa shape index (κ3) is 15.2. The average molecular weight is 489 g/mol. The molecule has 0 fully saturated rings. The highest BCUT2D eigenvalue weighted by Gasteiger charge is 2.04. The standard InChI is InChI=1S/C16H14O.C12H26O6/c1-3-13-9-5-7-11-15(13)17-16-12-8-6-10-14(16)4-2;1-2-14-5-6-16-9-10-18-12-11-17-8-7-15-4-3-13/h3-12H,1-2H2;13H,2-12H2,1H3. The zero-order chi connectivity index (χ0) is 25.4. The summed E-state index contributed by atoms with van der Waals surface area (Å²) in [7, 11) is 0. The molecule has 0 aliphatic heterocycles. The SMILES string of the molecule is C=Cc1ccccc1Oc1ccccc1C=C.CCOCCOCCOCCOCCOCCO. The molecule has 7 nitrogen and oxygen atoms in total. The molecule has 0 aromatic heterocycles. The number of hydrogen-bond donors (Lipinski definition) is 1. The lowest BCUT2D eigenvalue weighted by atomic mass is 10.2. The third-order valence-electron chi connectivity index (χ3n) is 4.43. The maximum absolute atomic E-state index is 8.45. The van der Waals surface area contributed by atoms with Crippen LogP contribution in [0, 0.1) is 0 Å². The lowest BCUT2D eigenvalue weighted by Crippen LogP contribution is -2.13. The second-order valence-electron chi connectivity index (χ2n) is 6.96. The Labute approximate surface area is 209 Å². The summed E-state index contributed by atoms with van der Waals surface area (Å²) in [5.74, 6) is 1.61. The Morgan fingerprint density at radius 2 is 0.971 bits per heavy atom.